The third-order valence-corrected chi connectivity index (χ3v) is 4.44. The minimum atomic E-state index is -0.520. The fourth-order valence-corrected chi connectivity index (χ4v) is 3.10. The Bertz CT molecular complexity index is 173. The molecule has 0 unspecified atom stereocenters. The van der Waals surface area contributed by atoms with Crippen molar-refractivity contribution in [2.45, 2.75) is 51.6 Å². The second-order valence-electron chi connectivity index (χ2n) is 5.57. The Kier molecular flexibility index (Phi) is 6.78. The summed E-state index contributed by atoms with van der Waals surface area (Å²) in [7, 11) is 0. The van der Waals surface area contributed by atoms with Gasteiger partial charge in [-0.2, -0.15) is 11.8 Å². The summed E-state index contributed by atoms with van der Waals surface area (Å²) >= 11 is 1.83. The van der Waals surface area contributed by atoms with E-state index in [9.17, 15) is 5.11 Å². The van der Waals surface area contributed by atoms with Crippen molar-refractivity contribution in [2.24, 2.45) is 5.92 Å². The zero-order valence-electron chi connectivity index (χ0n) is 10.8. The molecular formula is C13H27NOS. The van der Waals surface area contributed by atoms with Crippen molar-refractivity contribution < 1.29 is 5.11 Å². The van der Waals surface area contributed by atoms with Crippen LogP contribution in [0.25, 0.3) is 0 Å². The Hall–Kier alpha value is 0.270. The predicted octanol–water partition coefficient (Wildman–Crippen LogP) is 2.66. The molecule has 3 heteroatoms. The molecule has 0 atom stereocenters. The van der Waals surface area contributed by atoms with Crippen LogP contribution in [0.15, 0.2) is 0 Å². The first-order valence-corrected chi connectivity index (χ1v) is 7.74. The minimum absolute atomic E-state index is 0.520. The first-order chi connectivity index (χ1) is 7.58. The van der Waals surface area contributed by atoms with Gasteiger partial charge in [0.05, 0.1) is 5.60 Å². The normalized spacial score (nSPS) is 18.9. The average Bonchev–Trinajstić information content (AvgIpc) is 2.23. The topological polar surface area (TPSA) is 32.3 Å². The summed E-state index contributed by atoms with van der Waals surface area (Å²) in [5.41, 5.74) is -0.520. The van der Waals surface area contributed by atoms with E-state index < -0.39 is 5.60 Å². The van der Waals surface area contributed by atoms with E-state index >= 15 is 0 Å². The summed E-state index contributed by atoms with van der Waals surface area (Å²) in [6, 6.07) is 0. The van der Waals surface area contributed by atoms with Crippen molar-refractivity contribution in [2.75, 3.05) is 24.6 Å². The van der Waals surface area contributed by atoms with E-state index in [0.29, 0.717) is 0 Å². The SMILES string of the molecule is CC(C)(O)CSCCNCC1CCCCC1. The van der Waals surface area contributed by atoms with Crippen LogP contribution in [0.4, 0.5) is 0 Å². The van der Waals surface area contributed by atoms with E-state index in [4.69, 9.17) is 0 Å². The van der Waals surface area contributed by atoms with Crippen LogP contribution >= 0.6 is 11.8 Å². The first kappa shape index (κ1) is 14.3. The zero-order valence-corrected chi connectivity index (χ0v) is 11.6. The predicted molar refractivity (Wildman–Crippen MR) is 73.1 cm³/mol. The Morgan fingerprint density at radius 3 is 2.56 bits per heavy atom. The van der Waals surface area contributed by atoms with Gasteiger partial charge in [-0.15, -0.1) is 0 Å². The smallest absolute Gasteiger partial charge is 0.0681 e. The molecule has 0 heterocycles. The second-order valence-corrected chi connectivity index (χ2v) is 6.68. The molecular weight excluding hydrogens is 218 g/mol. The maximum atomic E-state index is 9.54. The van der Waals surface area contributed by atoms with E-state index in [2.05, 4.69) is 5.32 Å². The molecule has 1 fully saturated rings. The van der Waals surface area contributed by atoms with Crippen molar-refractivity contribution in [3.05, 3.63) is 0 Å². The Balaban J connectivity index is 1.87. The largest absolute Gasteiger partial charge is 0.390 e. The molecule has 0 aromatic rings. The first-order valence-electron chi connectivity index (χ1n) is 6.59. The van der Waals surface area contributed by atoms with Crippen LogP contribution in [0.5, 0.6) is 0 Å². The van der Waals surface area contributed by atoms with Gasteiger partial charge in [-0.05, 0) is 39.2 Å². The summed E-state index contributed by atoms with van der Waals surface area (Å²) in [6.45, 7) is 6.02. The van der Waals surface area contributed by atoms with E-state index in [1.807, 2.05) is 25.6 Å². The number of hydrogen-bond acceptors (Lipinski definition) is 3. The van der Waals surface area contributed by atoms with Gasteiger partial charge in [0.25, 0.3) is 0 Å². The lowest BCUT2D eigenvalue weighted by Gasteiger charge is -2.22. The minimum Gasteiger partial charge on any atom is -0.390 e. The lowest BCUT2D eigenvalue weighted by molar-refractivity contribution is 0.107. The highest BCUT2D eigenvalue weighted by molar-refractivity contribution is 7.99. The number of aliphatic hydroxyl groups is 1. The van der Waals surface area contributed by atoms with E-state index in [1.165, 1.54) is 38.6 Å². The number of thioether (sulfide) groups is 1. The highest BCUT2D eigenvalue weighted by Gasteiger charge is 2.13. The van der Waals surface area contributed by atoms with Gasteiger partial charge in [0, 0.05) is 18.1 Å². The van der Waals surface area contributed by atoms with Gasteiger partial charge in [-0.1, -0.05) is 19.3 Å². The van der Waals surface area contributed by atoms with E-state index in [1.54, 1.807) is 0 Å². The highest BCUT2D eigenvalue weighted by atomic mass is 32.2. The standard InChI is InChI=1S/C13H27NOS/c1-13(2,15)11-16-9-8-14-10-12-6-4-3-5-7-12/h12,14-15H,3-11H2,1-2H3. The van der Waals surface area contributed by atoms with Gasteiger partial charge in [0.2, 0.25) is 0 Å². The van der Waals surface area contributed by atoms with E-state index in [0.717, 1.165) is 24.0 Å². The third-order valence-electron chi connectivity index (χ3n) is 3.04. The molecule has 1 rings (SSSR count). The number of hydrogen-bond donors (Lipinski definition) is 2. The molecule has 16 heavy (non-hydrogen) atoms. The maximum absolute atomic E-state index is 9.54. The van der Waals surface area contributed by atoms with Gasteiger partial charge >= 0.3 is 0 Å². The van der Waals surface area contributed by atoms with E-state index in [-0.39, 0.29) is 0 Å². The summed E-state index contributed by atoms with van der Waals surface area (Å²) in [4.78, 5) is 0. The third kappa shape index (κ3) is 7.53. The van der Waals surface area contributed by atoms with Gasteiger partial charge in [0.1, 0.15) is 0 Å². The molecule has 0 saturated heterocycles. The molecule has 1 aliphatic rings. The average molecular weight is 245 g/mol. The van der Waals surface area contributed by atoms with Crippen LogP contribution in [0, 0.1) is 5.92 Å². The molecule has 0 spiro atoms. The van der Waals surface area contributed by atoms with Crippen molar-refractivity contribution in [1.29, 1.82) is 0 Å². The van der Waals surface area contributed by atoms with Gasteiger partial charge < -0.3 is 10.4 Å². The van der Waals surface area contributed by atoms with Crippen LogP contribution in [0.3, 0.4) is 0 Å². The van der Waals surface area contributed by atoms with Crippen LogP contribution in [-0.2, 0) is 0 Å². The fraction of sp³-hybridized carbons (Fsp3) is 1.00. The molecule has 0 bridgehead atoms. The van der Waals surface area contributed by atoms with Crippen molar-refractivity contribution in [1.82, 2.24) is 5.32 Å². The summed E-state index contributed by atoms with van der Waals surface area (Å²) in [5.74, 6) is 2.86. The number of rotatable bonds is 7. The summed E-state index contributed by atoms with van der Waals surface area (Å²) in [6.07, 6.45) is 7.14. The zero-order chi connectivity index (χ0) is 11.9. The molecule has 0 aromatic heterocycles. The quantitative estimate of drug-likeness (QED) is 0.676. The molecule has 0 amide bonds. The lowest BCUT2D eigenvalue weighted by Crippen LogP contribution is -2.27. The van der Waals surface area contributed by atoms with Crippen molar-refractivity contribution >= 4 is 11.8 Å². The molecule has 2 N–H and O–H groups in total. The molecule has 0 aromatic carbocycles. The fourth-order valence-electron chi connectivity index (χ4n) is 2.16. The van der Waals surface area contributed by atoms with Crippen LogP contribution < -0.4 is 5.32 Å². The number of nitrogens with one attached hydrogen (secondary N) is 1. The molecule has 1 aliphatic carbocycles. The Labute approximate surface area is 105 Å². The molecule has 0 radical (unpaired) electrons. The van der Waals surface area contributed by atoms with Crippen LogP contribution in [0.2, 0.25) is 0 Å². The summed E-state index contributed by atoms with van der Waals surface area (Å²) < 4.78 is 0. The van der Waals surface area contributed by atoms with Gasteiger partial charge in [-0.3, -0.25) is 0 Å². The lowest BCUT2D eigenvalue weighted by atomic mass is 9.89. The Morgan fingerprint density at radius 1 is 1.25 bits per heavy atom. The maximum Gasteiger partial charge on any atom is 0.0681 e. The monoisotopic (exact) mass is 245 g/mol. The molecule has 2 nitrogen and oxygen atoms in total. The van der Waals surface area contributed by atoms with Crippen molar-refractivity contribution in [3.8, 4) is 0 Å². The van der Waals surface area contributed by atoms with Crippen molar-refractivity contribution in [3.63, 3.8) is 0 Å². The molecule has 1 saturated carbocycles. The summed E-state index contributed by atoms with van der Waals surface area (Å²) in [5, 5.41) is 13.1. The molecule has 0 aliphatic heterocycles. The van der Waals surface area contributed by atoms with Crippen LogP contribution in [0.1, 0.15) is 46.0 Å². The second kappa shape index (κ2) is 7.57. The van der Waals surface area contributed by atoms with Gasteiger partial charge in [0.15, 0.2) is 0 Å². The van der Waals surface area contributed by atoms with Crippen LogP contribution in [-0.4, -0.2) is 35.3 Å². The molecule has 96 valence electrons. The Morgan fingerprint density at radius 2 is 1.94 bits per heavy atom. The highest BCUT2D eigenvalue weighted by Crippen LogP contribution is 2.22. The van der Waals surface area contributed by atoms with Gasteiger partial charge in [-0.25, -0.2) is 0 Å².